The van der Waals surface area contributed by atoms with Crippen molar-refractivity contribution in [2.24, 2.45) is 0 Å². The molecule has 0 radical (unpaired) electrons. The fraction of sp³-hybridized carbons (Fsp3) is 0.222. The van der Waals surface area contributed by atoms with Gasteiger partial charge in [-0.2, -0.15) is 0 Å². The average molecular weight is 409 g/mol. The fourth-order valence-electron chi connectivity index (χ4n) is 2.93. The van der Waals surface area contributed by atoms with Crippen molar-refractivity contribution in [3.05, 3.63) is 69.8 Å². The average Bonchev–Trinajstić information content (AvgIpc) is 2.86. The van der Waals surface area contributed by atoms with Gasteiger partial charge >= 0.3 is 12.4 Å². The van der Waals surface area contributed by atoms with Crippen LogP contribution in [0.15, 0.2) is 48.5 Å². The third-order valence-corrected chi connectivity index (χ3v) is 4.43. The van der Waals surface area contributed by atoms with Crippen molar-refractivity contribution >= 4 is 17.6 Å². The molecule has 0 bridgehead atoms. The second kappa shape index (κ2) is 7.08. The number of nitro benzene ring substituents is 1. The lowest BCUT2D eigenvalue weighted by molar-refractivity contribution is -0.384. The summed E-state index contributed by atoms with van der Waals surface area (Å²) in [5.74, 6) is -1.01. The van der Waals surface area contributed by atoms with Crippen molar-refractivity contribution in [3.63, 3.8) is 0 Å². The molecule has 0 saturated carbocycles. The van der Waals surface area contributed by atoms with Crippen LogP contribution in [0, 0.1) is 10.1 Å². The van der Waals surface area contributed by atoms with Crippen molar-refractivity contribution in [1.29, 1.82) is 0 Å². The van der Waals surface area contributed by atoms with E-state index < -0.39 is 34.5 Å². The number of nitrogens with zero attached hydrogens (tertiary/aromatic N) is 2. The Balaban J connectivity index is 1.77. The molecule has 152 valence electrons. The van der Waals surface area contributed by atoms with Crippen LogP contribution in [0.4, 0.5) is 23.7 Å². The molecule has 2 aromatic rings. The number of rotatable bonds is 5. The number of nitrogens with one attached hydrogen (secondary N) is 1. The Morgan fingerprint density at radius 1 is 1.10 bits per heavy atom. The first-order valence-electron chi connectivity index (χ1n) is 8.23. The highest BCUT2D eigenvalue weighted by Crippen LogP contribution is 2.31. The van der Waals surface area contributed by atoms with E-state index in [9.17, 15) is 32.9 Å². The highest BCUT2D eigenvalue weighted by atomic mass is 19.4. The summed E-state index contributed by atoms with van der Waals surface area (Å²) >= 11 is 0. The topological polar surface area (TPSA) is 102 Å². The standard InChI is InChI=1S/C18H14F3N3O5/c1-17(12-4-6-13(7-5-12)24(27)28)15(25)23(16(26)22-17)10-11-2-8-14(9-3-11)29-18(19,20)21/h2-9H,10H2,1H3,(H,22,26)/t17-/m1/s1. The third-order valence-electron chi connectivity index (χ3n) is 4.43. The predicted octanol–water partition coefficient (Wildman–Crippen LogP) is 3.46. The number of carbonyl (C=O) groups is 2. The van der Waals surface area contributed by atoms with Crippen molar-refractivity contribution in [1.82, 2.24) is 10.2 Å². The third kappa shape index (κ3) is 4.13. The predicted molar refractivity (Wildman–Crippen MR) is 92.7 cm³/mol. The van der Waals surface area contributed by atoms with E-state index in [1.54, 1.807) is 0 Å². The molecule has 29 heavy (non-hydrogen) atoms. The van der Waals surface area contributed by atoms with Crippen LogP contribution in [-0.2, 0) is 16.9 Å². The Bertz CT molecular complexity index is 960. The molecule has 2 aromatic carbocycles. The zero-order chi connectivity index (χ0) is 21.4. The highest BCUT2D eigenvalue weighted by molar-refractivity contribution is 6.07. The van der Waals surface area contributed by atoms with Gasteiger partial charge in [0.2, 0.25) is 0 Å². The van der Waals surface area contributed by atoms with Gasteiger partial charge in [0.05, 0.1) is 11.5 Å². The number of nitro groups is 1. The number of carbonyl (C=O) groups excluding carboxylic acids is 2. The summed E-state index contributed by atoms with van der Waals surface area (Å²) in [6, 6.07) is 9.29. The summed E-state index contributed by atoms with van der Waals surface area (Å²) < 4.78 is 40.4. The lowest BCUT2D eigenvalue weighted by Crippen LogP contribution is -2.40. The number of ether oxygens (including phenoxy) is 1. The number of alkyl halides is 3. The molecule has 1 aliphatic heterocycles. The van der Waals surface area contributed by atoms with Gasteiger partial charge in [0.15, 0.2) is 0 Å². The van der Waals surface area contributed by atoms with Gasteiger partial charge in [0.25, 0.3) is 11.6 Å². The first-order chi connectivity index (χ1) is 13.5. The fourth-order valence-corrected chi connectivity index (χ4v) is 2.93. The Morgan fingerprint density at radius 3 is 2.21 bits per heavy atom. The molecule has 1 aliphatic rings. The zero-order valence-electron chi connectivity index (χ0n) is 14.9. The molecule has 1 atom stereocenters. The molecule has 3 rings (SSSR count). The first-order valence-corrected chi connectivity index (χ1v) is 8.23. The minimum absolute atomic E-state index is 0.160. The van der Waals surface area contributed by atoms with E-state index in [2.05, 4.69) is 10.1 Å². The molecule has 3 amide bonds. The van der Waals surface area contributed by atoms with Gasteiger partial charge in [0, 0.05) is 12.1 Å². The van der Waals surface area contributed by atoms with Crippen LogP contribution in [0.5, 0.6) is 5.75 Å². The van der Waals surface area contributed by atoms with E-state index in [0.29, 0.717) is 11.1 Å². The van der Waals surface area contributed by atoms with E-state index >= 15 is 0 Å². The quantitative estimate of drug-likeness (QED) is 0.463. The first kappa shape index (κ1) is 20.1. The number of benzene rings is 2. The van der Waals surface area contributed by atoms with Crippen LogP contribution in [0.25, 0.3) is 0 Å². The number of imide groups is 1. The summed E-state index contributed by atoms with van der Waals surface area (Å²) in [4.78, 5) is 36.3. The molecule has 8 nitrogen and oxygen atoms in total. The van der Waals surface area contributed by atoms with E-state index in [4.69, 9.17) is 0 Å². The van der Waals surface area contributed by atoms with Crippen LogP contribution < -0.4 is 10.1 Å². The molecule has 0 unspecified atom stereocenters. The second-order valence-corrected chi connectivity index (χ2v) is 6.44. The molecule has 1 heterocycles. The number of amides is 3. The van der Waals surface area contributed by atoms with Crippen molar-refractivity contribution < 1.29 is 32.4 Å². The summed E-state index contributed by atoms with van der Waals surface area (Å²) in [7, 11) is 0. The van der Waals surface area contributed by atoms with Gasteiger partial charge in [-0.05, 0) is 42.3 Å². The van der Waals surface area contributed by atoms with E-state index in [-0.39, 0.29) is 12.2 Å². The second-order valence-electron chi connectivity index (χ2n) is 6.44. The van der Waals surface area contributed by atoms with Crippen LogP contribution in [-0.4, -0.2) is 28.1 Å². The number of halogens is 3. The number of non-ortho nitro benzene ring substituents is 1. The van der Waals surface area contributed by atoms with Crippen LogP contribution in [0.1, 0.15) is 18.1 Å². The van der Waals surface area contributed by atoms with Crippen LogP contribution >= 0.6 is 0 Å². The molecule has 11 heteroatoms. The minimum Gasteiger partial charge on any atom is -0.406 e. The van der Waals surface area contributed by atoms with E-state index in [1.807, 2.05) is 0 Å². The molecule has 1 N–H and O–H groups in total. The van der Waals surface area contributed by atoms with Crippen LogP contribution in [0.3, 0.4) is 0 Å². The molecular weight excluding hydrogens is 395 g/mol. The lowest BCUT2D eigenvalue weighted by atomic mass is 9.92. The molecule has 0 aromatic heterocycles. The van der Waals surface area contributed by atoms with Gasteiger partial charge in [-0.3, -0.25) is 19.8 Å². The van der Waals surface area contributed by atoms with Gasteiger partial charge in [-0.1, -0.05) is 12.1 Å². The van der Waals surface area contributed by atoms with Gasteiger partial charge in [-0.15, -0.1) is 13.2 Å². The Kier molecular flexibility index (Phi) is 4.91. The maximum absolute atomic E-state index is 12.9. The zero-order valence-corrected chi connectivity index (χ0v) is 14.9. The Morgan fingerprint density at radius 2 is 1.69 bits per heavy atom. The van der Waals surface area contributed by atoms with Crippen LogP contribution in [0.2, 0.25) is 0 Å². The van der Waals surface area contributed by atoms with Crippen molar-refractivity contribution in [3.8, 4) is 5.75 Å². The Hall–Kier alpha value is -3.63. The highest BCUT2D eigenvalue weighted by Gasteiger charge is 2.49. The molecule has 1 fully saturated rings. The van der Waals surface area contributed by atoms with Crippen molar-refractivity contribution in [2.45, 2.75) is 25.4 Å². The summed E-state index contributed by atoms with van der Waals surface area (Å²) in [6.45, 7) is 1.30. The minimum atomic E-state index is -4.82. The number of hydrogen-bond donors (Lipinski definition) is 1. The van der Waals surface area contributed by atoms with Crippen molar-refractivity contribution in [2.75, 3.05) is 0 Å². The smallest absolute Gasteiger partial charge is 0.406 e. The largest absolute Gasteiger partial charge is 0.573 e. The lowest BCUT2D eigenvalue weighted by Gasteiger charge is -2.22. The molecule has 0 spiro atoms. The summed E-state index contributed by atoms with van der Waals surface area (Å²) in [6.07, 6.45) is -4.82. The van der Waals surface area contributed by atoms with Gasteiger partial charge in [-0.25, -0.2) is 4.79 Å². The summed E-state index contributed by atoms with van der Waals surface area (Å²) in [5, 5.41) is 13.3. The maximum Gasteiger partial charge on any atom is 0.573 e. The molecular formula is C18H14F3N3O5. The van der Waals surface area contributed by atoms with Gasteiger partial charge < -0.3 is 10.1 Å². The number of urea groups is 1. The monoisotopic (exact) mass is 409 g/mol. The van der Waals surface area contributed by atoms with E-state index in [1.165, 1.54) is 43.3 Å². The van der Waals surface area contributed by atoms with Gasteiger partial charge in [0.1, 0.15) is 11.3 Å². The molecule has 0 aliphatic carbocycles. The number of hydrogen-bond acceptors (Lipinski definition) is 5. The van der Waals surface area contributed by atoms with E-state index in [0.717, 1.165) is 17.0 Å². The summed E-state index contributed by atoms with van der Waals surface area (Å²) in [5.41, 5.74) is -0.813. The maximum atomic E-state index is 12.9. The SMILES string of the molecule is C[C@]1(c2ccc([N+](=O)[O-])cc2)NC(=O)N(Cc2ccc(OC(F)(F)F)cc2)C1=O. The normalized spacial score (nSPS) is 19.2. The Labute approximate surface area is 162 Å². The molecule has 1 saturated heterocycles.